The average Bonchev–Trinajstić information content (AvgIpc) is 2.57. The van der Waals surface area contributed by atoms with Crippen molar-refractivity contribution in [2.24, 2.45) is 5.73 Å². The Morgan fingerprint density at radius 2 is 1.88 bits per heavy atom. The summed E-state index contributed by atoms with van der Waals surface area (Å²) >= 11 is 0. The second-order valence-corrected chi connectivity index (χ2v) is 6.01. The van der Waals surface area contributed by atoms with E-state index in [1.165, 1.54) is 5.56 Å². The largest absolute Gasteiger partial charge is 0.329 e. The maximum Gasteiger partial charge on any atom is 0.258 e. The summed E-state index contributed by atoms with van der Waals surface area (Å²) in [6, 6.07) is 15.7. The first-order chi connectivity index (χ1) is 11.7. The number of nitrogens with two attached hydrogens (primary N) is 1. The van der Waals surface area contributed by atoms with Crippen molar-refractivity contribution in [1.29, 1.82) is 0 Å². The number of pyridine rings is 1. The van der Waals surface area contributed by atoms with E-state index in [0.29, 0.717) is 18.7 Å². The molecule has 2 heterocycles. The lowest BCUT2D eigenvalue weighted by Crippen LogP contribution is -2.30. The monoisotopic (exact) mass is 358 g/mol. The molecule has 5 nitrogen and oxygen atoms in total. The molecule has 3 aromatic rings. The Balaban J connectivity index is 0.00000225. The van der Waals surface area contributed by atoms with Crippen molar-refractivity contribution < 1.29 is 0 Å². The zero-order valence-corrected chi connectivity index (χ0v) is 15.1. The minimum absolute atomic E-state index is 0. The Morgan fingerprint density at radius 3 is 2.60 bits per heavy atom. The van der Waals surface area contributed by atoms with Crippen LogP contribution in [-0.2, 0) is 13.1 Å². The molecule has 0 bridgehead atoms. The zero-order valence-electron chi connectivity index (χ0n) is 14.3. The average molecular weight is 359 g/mol. The molecule has 0 aliphatic heterocycles. The molecule has 0 amide bonds. The molecule has 0 aliphatic rings. The minimum atomic E-state index is -0.0499. The summed E-state index contributed by atoms with van der Waals surface area (Å²) < 4.78 is 1.59. The van der Waals surface area contributed by atoms with E-state index in [2.05, 4.69) is 22.0 Å². The van der Waals surface area contributed by atoms with E-state index in [4.69, 9.17) is 5.73 Å². The highest BCUT2D eigenvalue weighted by Gasteiger charge is 2.09. The summed E-state index contributed by atoms with van der Waals surface area (Å²) in [5.41, 5.74) is 9.40. The lowest BCUT2D eigenvalue weighted by Gasteiger charge is -2.21. The number of nitrogens with zero attached hydrogens (tertiary/aromatic N) is 3. The van der Waals surface area contributed by atoms with Crippen molar-refractivity contribution in [3.05, 3.63) is 81.9 Å². The number of hydrogen-bond acceptors (Lipinski definition) is 4. The Morgan fingerprint density at radius 1 is 1.12 bits per heavy atom. The van der Waals surface area contributed by atoms with Gasteiger partial charge in [0.25, 0.3) is 5.56 Å². The Bertz CT molecular complexity index is 879. The maximum absolute atomic E-state index is 12.3. The standard InChI is InChI=1S/C19H22N4O.ClH/c1-15-7-8-18-21-17(11-19(24)23(18)12-15)14-22(10-9-20)13-16-5-3-2-4-6-16;/h2-8,11-12H,9-10,13-14,20H2,1H3;1H. The summed E-state index contributed by atoms with van der Waals surface area (Å²) in [5.74, 6) is 0. The summed E-state index contributed by atoms with van der Waals surface area (Å²) in [6.07, 6.45) is 1.82. The summed E-state index contributed by atoms with van der Waals surface area (Å²) in [6.45, 7) is 4.67. The summed E-state index contributed by atoms with van der Waals surface area (Å²) in [4.78, 5) is 19.2. The van der Waals surface area contributed by atoms with Gasteiger partial charge in [0, 0.05) is 38.4 Å². The van der Waals surface area contributed by atoms with Crippen LogP contribution in [0.3, 0.4) is 0 Å². The summed E-state index contributed by atoms with van der Waals surface area (Å²) in [5, 5.41) is 0. The first-order valence-corrected chi connectivity index (χ1v) is 8.11. The van der Waals surface area contributed by atoms with Crippen LogP contribution < -0.4 is 11.3 Å². The molecule has 0 saturated carbocycles. The molecule has 0 radical (unpaired) electrons. The van der Waals surface area contributed by atoms with Gasteiger partial charge in [-0.2, -0.15) is 0 Å². The van der Waals surface area contributed by atoms with Crippen LogP contribution in [0.25, 0.3) is 5.65 Å². The van der Waals surface area contributed by atoms with Gasteiger partial charge in [-0.05, 0) is 24.1 Å². The number of benzene rings is 1. The molecule has 132 valence electrons. The molecule has 3 rings (SSSR count). The van der Waals surface area contributed by atoms with Gasteiger partial charge in [-0.25, -0.2) is 4.98 Å². The van der Waals surface area contributed by atoms with Crippen LogP contribution in [-0.4, -0.2) is 27.4 Å². The van der Waals surface area contributed by atoms with Crippen LogP contribution >= 0.6 is 12.4 Å². The Kier molecular flexibility index (Phi) is 6.70. The lowest BCUT2D eigenvalue weighted by atomic mass is 10.2. The fourth-order valence-electron chi connectivity index (χ4n) is 2.81. The van der Waals surface area contributed by atoms with Crippen molar-refractivity contribution in [2.75, 3.05) is 13.1 Å². The van der Waals surface area contributed by atoms with Crippen LogP contribution in [0.5, 0.6) is 0 Å². The number of aromatic nitrogens is 2. The van der Waals surface area contributed by atoms with E-state index in [1.807, 2.05) is 43.5 Å². The fourth-order valence-corrected chi connectivity index (χ4v) is 2.81. The van der Waals surface area contributed by atoms with Gasteiger partial charge in [-0.15, -0.1) is 12.4 Å². The van der Waals surface area contributed by atoms with Gasteiger partial charge in [0.15, 0.2) is 0 Å². The first-order valence-electron chi connectivity index (χ1n) is 8.11. The molecule has 2 aromatic heterocycles. The number of halogens is 1. The Labute approximate surface area is 153 Å². The molecular formula is C19H23ClN4O. The third-order valence-electron chi connectivity index (χ3n) is 3.94. The second-order valence-electron chi connectivity index (χ2n) is 6.01. The van der Waals surface area contributed by atoms with Crippen molar-refractivity contribution in [3.8, 4) is 0 Å². The first kappa shape index (κ1) is 19.1. The molecule has 25 heavy (non-hydrogen) atoms. The van der Waals surface area contributed by atoms with Gasteiger partial charge in [0.2, 0.25) is 0 Å². The van der Waals surface area contributed by atoms with Gasteiger partial charge in [0.05, 0.1) is 5.69 Å². The smallest absolute Gasteiger partial charge is 0.258 e. The number of fused-ring (bicyclic) bond motifs is 1. The molecule has 0 atom stereocenters. The lowest BCUT2D eigenvalue weighted by molar-refractivity contribution is 0.261. The van der Waals surface area contributed by atoms with Crippen molar-refractivity contribution in [3.63, 3.8) is 0 Å². The zero-order chi connectivity index (χ0) is 16.9. The van der Waals surface area contributed by atoms with Crippen molar-refractivity contribution >= 4 is 18.1 Å². The molecular weight excluding hydrogens is 336 g/mol. The molecule has 2 N–H and O–H groups in total. The molecule has 0 aliphatic carbocycles. The number of aryl methyl sites for hydroxylation is 1. The van der Waals surface area contributed by atoms with E-state index in [9.17, 15) is 4.79 Å². The predicted molar refractivity (Wildman–Crippen MR) is 103 cm³/mol. The van der Waals surface area contributed by atoms with E-state index < -0.39 is 0 Å². The van der Waals surface area contributed by atoms with E-state index >= 15 is 0 Å². The van der Waals surface area contributed by atoms with E-state index in [-0.39, 0.29) is 18.0 Å². The second kappa shape index (κ2) is 8.76. The van der Waals surface area contributed by atoms with Gasteiger partial charge in [-0.3, -0.25) is 14.1 Å². The number of hydrogen-bond donors (Lipinski definition) is 1. The normalized spacial score (nSPS) is 10.8. The third-order valence-corrected chi connectivity index (χ3v) is 3.94. The highest BCUT2D eigenvalue weighted by atomic mass is 35.5. The minimum Gasteiger partial charge on any atom is -0.329 e. The van der Waals surface area contributed by atoms with Crippen LogP contribution in [0.15, 0.2) is 59.5 Å². The van der Waals surface area contributed by atoms with Gasteiger partial charge in [0.1, 0.15) is 5.65 Å². The maximum atomic E-state index is 12.3. The van der Waals surface area contributed by atoms with Crippen molar-refractivity contribution in [1.82, 2.24) is 14.3 Å². The Hall–Kier alpha value is -2.21. The van der Waals surface area contributed by atoms with E-state index in [1.54, 1.807) is 10.5 Å². The molecule has 0 saturated heterocycles. The van der Waals surface area contributed by atoms with Crippen LogP contribution in [0.1, 0.15) is 16.8 Å². The molecule has 0 unspecified atom stereocenters. The topological polar surface area (TPSA) is 63.6 Å². The highest BCUT2D eigenvalue weighted by Crippen LogP contribution is 2.09. The van der Waals surface area contributed by atoms with Crippen LogP contribution in [0.2, 0.25) is 0 Å². The SMILES string of the molecule is Cc1ccc2nc(CN(CCN)Cc3ccccc3)cc(=O)n2c1.Cl. The molecule has 0 spiro atoms. The highest BCUT2D eigenvalue weighted by molar-refractivity contribution is 5.85. The van der Waals surface area contributed by atoms with Gasteiger partial charge >= 0.3 is 0 Å². The number of rotatable bonds is 6. The summed E-state index contributed by atoms with van der Waals surface area (Å²) in [7, 11) is 0. The van der Waals surface area contributed by atoms with Crippen LogP contribution in [0.4, 0.5) is 0 Å². The van der Waals surface area contributed by atoms with E-state index in [0.717, 1.165) is 24.3 Å². The molecule has 6 heteroatoms. The van der Waals surface area contributed by atoms with Gasteiger partial charge in [-0.1, -0.05) is 36.4 Å². The quantitative estimate of drug-likeness (QED) is 0.734. The van der Waals surface area contributed by atoms with Gasteiger partial charge < -0.3 is 5.73 Å². The molecule has 0 fully saturated rings. The fraction of sp³-hybridized carbons (Fsp3) is 0.263. The van der Waals surface area contributed by atoms with Crippen LogP contribution in [0, 0.1) is 6.92 Å². The van der Waals surface area contributed by atoms with Crippen molar-refractivity contribution in [2.45, 2.75) is 20.0 Å². The molecule has 1 aromatic carbocycles. The predicted octanol–water partition coefficient (Wildman–Crippen LogP) is 2.39. The third kappa shape index (κ3) is 4.89.